The third-order valence-corrected chi connectivity index (χ3v) is 8.67. The molecule has 255 valence electrons. The van der Waals surface area contributed by atoms with Gasteiger partial charge >= 0.3 is 0 Å². The van der Waals surface area contributed by atoms with Crippen molar-refractivity contribution >= 4 is 11.0 Å². The minimum absolute atomic E-state index is 0. The molecule has 3 aromatic heterocycles. The van der Waals surface area contributed by atoms with Crippen LogP contribution in [0.4, 0.5) is 0 Å². The maximum atomic E-state index is 6.19. The van der Waals surface area contributed by atoms with Gasteiger partial charge in [0.25, 0.3) is 0 Å². The molecule has 0 unspecified atom stereocenters. The summed E-state index contributed by atoms with van der Waals surface area (Å²) in [6.45, 7) is 17.3. The first kappa shape index (κ1) is 36.6. The molecule has 0 bridgehead atoms. The van der Waals surface area contributed by atoms with E-state index in [1.165, 1.54) is 50.1 Å². The van der Waals surface area contributed by atoms with Crippen molar-refractivity contribution in [1.29, 1.82) is 0 Å². The van der Waals surface area contributed by atoms with Crippen LogP contribution in [0.5, 0.6) is 0 Å². The summed E-state index contributed by atoms with van der Waals surface area (Å²) in [5, 5.41) is 1.07. The van der Waals surface area contributed by atoms with E-state index in [4.69, 9.17) is 9.40 Å². The van der Waals surface area contributed by atoms with Gasteiger partial charge in [-0.05, 0) is 89.0 Å². The number of hydrogen-bond acceptors (Lipinski definition) is 3. The minimum atomic E-state index is 0. The molecule has 0 fully saturated rings. The largest absolute Gasteiger partial charge is 0.481 e. The van der Waals surface area contributed by atoms with Crippen LogP contribution in [0.25, 0.3) is 55.7 Å². The van der Waals surface area contributed by atoms with Gasteiger partial charge in [0.05, 0.1) is 11.3 Å². The molecule has 3 heterocycles. The Bertz CT molecular complexity index is 2140. The number of nitrogens with zero attached hydrogens (tertiary/aromatic N) is 2. The van der Waals surface area contributed by atoms with Gasteiger partial charge in [-0.1, -0.05) is 106 Å². The van der Waals surface area contributed by atoms with Crippen LogP contribution in [0.3, 0.4) is 0 Å². The predicted octanol–water partition coefficient (Wildman–Crippen LogP) is 12.3. The molecule has 0 aliphatic rings. The van der Waals surface area contributed by atoms with Gasteiger partial charge in [0.1, 0.15) is 0 Å². The van der Waals surface area contributed by atoms with Gasteiger partial charge in [-0.2, -0.15) is 0 Å². The number of aryl methyl sites for hydroxylation is 5. The van der Waals surface area contributed by atoms with Gasteiger partial charge in [-0.3, -0.25) is 0 Å². The summed E-state index contributed by atoms with van der Waals surface area (Å²) in [6.07, 6.45) is 4.75. The number of furan rings is 1. The van der Waals surface area contributed by atoms with Gasteiger partial charge in [0, 0.05) is 38.9 Å². The van der Waals surface area contributed by atoms with Crippen molar-refractivity contribution in [3.8, 4) is 44.8 Å². The zero-order chi connectivity index (χ0) is 34.7. The van der Waals surface area contributed by atoms with Gasteiger partial charge in [0.2, 0.25) is 0 Å². The Morgan fingerprint density at radius 3 is 2.00 bits per heavy atom. The maximum Gasteiger partial charge on any atom is 0.0937 e. The van der Waals surface area contributed by atoms with Crippen molar-refractivity contribution in [2.45, 2.75) is 61.8 Å². The Labute approximate surface area is 311 Å². The summed E-state index contributed by atoms with van der Waals surface area (Å²) in [7, 11) is 0. The van der Waals surface area contributed by atoms with E-state index in [1.54, 1.807) is 0 Å². The Hall–Kier alpha value is -4.63. The number of benzene rings is 4. The average Bonchev–Trinajstić information content (AvgIpc) is 3.48. The number of aromatic nitrogens is 2. The second kappa shape index (κ2) is 15.5. The van der Waals surface area contributed by atoms with Crippen LogP contribution in [0.2, 0.25) is 0 Å². The molecule has 4 heteroatoms. The van der Waals surface area contributed by atoms with E-state index in [-0.39, 0.29) is 25.5 Å². The number of pyridine rings is 2. The Kier molecular flexibility index (Phi) is 11.4. The fourth-order valence-corrected chi connectivity index (χ4v) is 6.28. The zero-order valence-corrected chi connectivity index (χ0v) is 32.6. The van der Waals surface area contributed by atoms with Crippen LogP contribution in [0, 0.1) is 52.2 Å². The molecule has 7 aromatic rings. The van der Waals surface area contributed by atoms with E-state index in [9.17, 15) is 0 Å². The van der Waals surface area contributed by atoms with Crippen LogP contribution < -0.4 is 0 Å². The second-order valence-corrected chi connectivity index (χ2v) is 14.3. The summed E-state index contributed by atoms with van der Waals surface area (Å²) < 4.78 is 6.19. The summed E-state index contributed by atoms with van der Waals surface area (Å²) in [5.41, 5.74) is 16.1. The quantitative estimate of drug-likeness (QED) is 0.162. The van der Waals surface area contributed by atoms with Gasteiger partial charge in [-0.15, -0.1) is 53.1 Å². The normalized spacial score (nSPS) is 11.1. The van der Waals surface area contributed by atoms with Crippen LogP contribution >= 0.6 is 0 Å². The molecule has 1 radical (unpaired) electrons. The first-order valence-electron chi connectivity index (χ1n) is 16.9. The van der Waals surface area contributed by atoms with Crippen molar-refractivity contribution in [2.24, 2.45) is 5.41 Å². The summed E-state index contributed by atoms with van der Waals surface area (Å²) in [6, 6.07) is 40.3. The van der Waals surface area contributed by atoms with Crippen molar-refractivity contribution in [2.75, 3.05) is 0 Å². The summed E-state index contributed by atoms with van der Waals surface area (Å²) >= 11 is 0. The van der Waals surface area contributed by atoms with Crippen LogP contribution in [0.1, 0.15) is 54.3 Å². The molecule has 0 atom stereocenters. The molecule has 0 aliphatic carbocycles. The molecule has 0 saturated heterocycles. The topological polar surface area (TPSA) is 38.9 Å². The van der Waals surface area contributed by atoms with E-state index in [1.807, 2.05) is 49.6 Å². The molecular weight excluding hydrogens is 789 g/mol. The standard InChI is InChI=1S/C33H32NO.C13H12N.Ir/c1-21-15-25(24-11-8-7-9-12-24)16-22(2)32(21)28-18-30(34-20-23(28)3)27-13-10-14-31-29(27)17-26(35-31)19-33(4,5)6;1-10-3-6-12(7-4-10)13-8-5-11(2)9-14-13;/h7-12,14-18,20H,19H2,1-6H3;3-6,8-9H,1-2H3;/q2*-1;. The van der Waals surface area contributed by atoms with Gasteiger partial charge in [-0.25, -0.2) is 0 Å². The third kappa shape index (κ3) is 8.56. The molecule has 0 aliphatic heterocycles. The van der Waals surface area contributed by atoms with Gasteiger partial charge in [0.15, 0.2) is 0 Å². The fraction of sp³-hybridized carbons (Fsp3) is 0.217. The van der Waals surface area contributed by atoms with Crippen LogP contribution in [-0.2, 0) is 26.5 Å². The van der Waals surface area contributed by atoms with E-state index in [0.29, 0.717) is 0 Å². The Morgan fingerprint density at radius 2 is 1.36 bits per heavy atom. The predicted molar refractivity (Wildman–Crippen MR) is 205 cm³/mol. The van der Waals surface area contributed by atoms with Crippen molar-refractivity contribution in [1.82, 2.24) is 9.97 Å². The Morgan fingerprint density at radius 1 is 0.660 bits per heavy atom. The van der Waals surface area contributed by atoms with Crippen molar-refractivity contribution in [3.63, 3.8) is 0 Å². The molecule has 7 rings (SSSR count). The molecule has 50 heavy (non-hydrogen) atoms. The fourth-order valence-electron chi connectivity index (χ4n) is 6.28. The monoisotopic (exact) mass is 833 g/mol. The van der Waals surface area contributed by atoms with E-state index < -0.39 is 0 Å². The summed E-state index contributed by atoms with van der Waals surface area (Å²) in [5.74, 6) is 1.00. The first-order chi connectivity index (χ1) is 23.4. The van der Waals surface area contributed by atoms with Gasteiger partial charge < -0.3 is 14.4 Å². The van der Waals surface area contributed by atoms with Crippen LogP contribution in [0.15, 0.2) is 114 Å². The minimum Gasteiger partial charge on any atom is -0.481 e. The van der Waals surface area contributed by atoms with E-state index >= 15 is 0 Å². The average molecular weight is 833 g/mol. The second-order valence-electron chi connectivity index (χ2n) is 14.3. The molecule has 0 spiro atoms. The van der Waals surface area contributed by atoms with Crippen LogP contribution in [-0.4, -0.2) is 9.97 Å². The number of rotatable bonds is 5. The Balaban J connectivity index is 0.000000271. The maximum absolute atomic E-state index is 6.19. The number of hydrogen-bond donors (Lipinski definition) is 0. The third-order valence-electron chi connectivity index (χ3n) is 8.67. The molecule has 0 saturated carbocycles. The smallest absolute Gasteiger partial charge is 0.0937 e. The van der Waals surface area contributed by atoms with Crippen molar-refractivity contribution < 1.29 is 24.5 Å². The zero-order valence-electron chi connectivity index (χ0n) is 30.2. The molecule has 0 amide bonds. The SMILES string of the molecule is Cc1c[c-]c(-c2ccc(C)cn2)cc1.Cc1cnc(-c2[c-]ccc3oc(CC(C)(C)C)cc23)cc1-c1c(C)cc(-c2ccccc2)cc1C.[Ir]. The van der Waals surface area contributed by atoms with Crippen molar-refractivity contribution in [3.05, 3.63) is 155 Å². The number of fused-ring (bicyclic) bond motifs is 1. The first-order valence-corrected chi connectivity index (χ1v) is 16.9. The molecule has 3 nitrogen and oxygen atoms in total. The molecular formula is C46H44IrN2O-2. The van der Waals surface area contributed by atoms with E-state index in [0.717, 1.165) is 45.7 Å². The molecule has 0 N–H and O–H groups in total. The molecule has 4 aromatic carbocycles. The van der Waals surface area contributed by atoms with E-state index in [2.05, 4.69) is 132 Å². The summed E-state index contributed by atoms with van der Waals surface area (Å²) in [4.78, 5) is 9.17.